The van der Waals surface area contributed by atoms with Crippen molar-refractivity contribution in [3.8, 4) is 0 Å². The molecule has 2 heterocycles. The third-order valence-corrected chi connectivity index (χ3v) is 3.27. The zero-order valence-electron chi connectivity index (χ0n) is 7.93. The maximum atomic E-state index is 11.6. The summed E-state index contributed by atoms with van der Waals surface area (Å²) in [4.78, 5) is 21.5. The smallest absolute Gasteiger partial charge is 0.228 e. The fourth-order valence-electron chi connectivity index (χ4n) is 1.57. The molecule has 80 valence electrons. The van der Waals surface area contributed by atoms with Gasteiger partial charge in [-0.2, -0.15) is 12.6 Å². The highest BCUT2D eigenvalue weighted by molar-refractivity contribution is 9.10. The van der Waals surface area contributed by atoms with Crippen LogP contribution in [-0.2, 0) is 4.79 Å². The summed E-state index contributed by atoms with van der Waals surface area (Å²) in [7, 11) is 0. The van der Waals surface area contributed by atoms with Gasteiger partial charge in [-0.15, -0.1) is 0 Å². The van der Waals surface area contributed by atoms with Crippen LogP contribution in [0.4, 0.5) is 5.82 Å². The molecule has 0 radical (unpaired) electrons. The van der Waals surface area contributed by atoms with E-state index in [1.165, 1.54) is 0 Å². The van der Waals surface area contributed by atoms with Crippen LogP contribution >= 0.6 is 28.6 Å². The van der Waals surface area contributed by atoms with Crippen LogP contribution in [0.25, 0.3) is 0 Å². The molecule has 1 aromatic rings. The van der Waals surface area contributed by atoms with Crippen molar-refractivity contribution < 1.29 is 4.79 Å². The second-order valence-corrected chi connectivity index (χ2v) is 4.63. The Morgan fingerprint density at radius 2 is 2.33 bits per heavy atom. The maximum Gasteiger partial charge on any atom is 0.228 e. The van der Waals surface area contributed by atoms with E-state index in [1.54, 1.807) is 17.3 Å². The summed E-state index contributed by atoms with van der Waals surface area (Å²) < 4.78 is 0.670. The minimum atomic E-state index is 0.102. The number of amides is 1. The first-order chi connectivity index (χ1) is 7.20. The monoisotopic (exact) mass is 287 g/mol. The first-order valence-corrected chi connectivity index (χ1v) is 6.02. The van der Waals surface area contributed by atoms with Gasteiger partial charge in [0.2, 0.25) is 5.91 Å². The van der Waals surface area contributed by atoms with E-state index in [9.17, 15) is 4.79 Å². The van der Waals surface area contributed by atoms with Crippen LogP contribution in [0.15, 0.2) is 17.0 Å². The van der Waals surface area contributed by atoms with Crippen LogP contribution in [0, 0.1) is 5.92 Å². The van der Waals surface area contributed by atoms with E-state index in [0.717, 1.165) is 5.75 Å². The molecule has 1 aliphatic heterocycles. The van der Waals surface area contributed by atoms with Crippen LogP contribution in [0.5, 0.6) is 0 Å². The summed E-state index contributed by atoms with van der Waals surface area (Å²) in [6.45, 7) is 0.693. The van der Waals surface area contributed by atoms with Crippen LogP contribution in [0.3, 0.4) is 0 Å². The topological polar surface area (TPSA) is 46.1 Å². The molecule has 1 saturated heterocycles. The molecular formula is C9H10BrN3OS. The van der Waals surface area contributed by atoms with Crippen molar-refractivity contribution in [2.75, 3.05) is 17.2 Å². The summed E-state index contributed by atoms with van der Waals surface area (Å²) in [6, 6.07) is 0. The number of rotatable bonds is 2. The number of carbonyl (C=O) groups is 1. The second kappa shape index (κ2) is 4.49. The Morgan fingerprint density at radius 1 is 1.53 bits per heavy atom. The lowest BCUT2D eigenvalue weighted by atomic mass is 10.1. The summed E-state index contributed by atoms with van der Waals surface area (Å²) in [5.41, 5.74) is 0. The van der Waals surface area contributed by atoms with E-state index in [-0.39, 0.29) is 5.91 Å². The second-order valence-electron chi connectivity index (χ2n) is 3.45. The number of hydrogen-bond donors (Lipinski definition) is 1. The third kappa shape index (κ3) is 2.31. The number of hydrogen-bond acceptors (Lipinski definition) is 4. The number of halogens is 1. The molecule has 0 bridgehead atoms. The van der Waals surface area contributed by atoms with Crippen LogP contribution < -0.4 is 4.90 Å². The maximum absolute atomic E-state index is 11.6. The first-order valence-electron chi connectivity index (χ1n) is 4.59. The fourth-order valence-corrected chi connectivity index (χ4v) is 2.02. The normalized spacial score (nSPS) is 21.1. The summed E-state index contributed by atoms with van der Waals surface area (Å²) in [5, 5.41) is 0. The molecule has 1 amide bonds. The lowest BCUT2D eigenvalue weighted by molar-refractivity contribution is -0.117. The molecule has 0 N–H and O–H groups in total. The summed E-state index contributed by atoms with van der Waals surface area (Å²) in [6.07, 6.45) is 3.75. The van der Waals surface area contributed by atoms with Gasteiger partial charge in [-0.3, -0.25) is 9.69 Å². The Kier molecular flexibility index (Phi) is 3.25. The number of nitrogens with zero attached hydrogens (tertiary/aromatic N) is 3. The van der Waals surface area contributed by atoms with E-state index in [2.05, 4.69) is 38.5 Å². The van der Waals surface area contributed by atoms with Crippen molar-refractivity contribution in [3.63, 3.8) is 0 Å². The molecule has 15 heavy (non-hydrogen) atoms. The molecule has 4 nitrogen and oxygen atoms in total. The Morgan fingerprint density at radius 3 is 2.87 bits per heavy atom. The minimum absolute atomic E-state index is 0.102. The van der Waals surface area contributed by atoms with Gasteiger partial charge in [0, 0.05) is 13.0 Å². The van der Waals surface area contributed by atoms with Gasteiger partial charge in [0.05, 0.1) is 12.4 Å². The van der Waals surface area contributed by atoms with Crippen molar-refractivity contribution >= 4 is 40.3 Å². The Hall–Kier alpha value is -0.620. The first kappa shape index (κ1) is 10.9. The SMILES string of the molecule is O=C1CC(CS)CN1c1cnc(Br)cn1. The zero-order valence-corrected chi connectivity index (χ0v) is 10.4. The fraction of sp³-hybridized carbons (Fsp3) is 0.444. The Bertz CT molecular complexity index is 370. The average molecular weight is 288 g/mol. The summed E-state index contributed by atoms with van der Waals surface area (Å²) in [5.74, 6) is 1.77. The third-order valence-electron chi connectivity index (χ3n) is 2.35. The zero-order chi connectivity index (χ0) is 10.8. The molecule has 0 spiro atoms. The van der Waals surface area contributed by atoms with Gasteiger partial charge in [-0.1, -0.05) is 0 Å². The van der Waals surface area contributed by atoms with Crippen LogP contribution in [-0.4, -0.2) is 28.2 Å². The van der Waals surface area contributed by atoms with Gasteiger partial charge in [0.25, 0.3) is 0 Å². The van der Waals surface area contributed by atoms with Gasteiger partial charge in [-0.05, 0) is 27.6 Å². The van der Waals surface area contributed by atoms with E-state index >= 15 is 0 Å². The van der Waals surface area contributed by atoms with Gasteiger partial charge in [-0.25, -0.2) is 9.97 Å². The molecule has 0 aliphatic carbocycles. The van der Waals surface area contributed by atoms with Gasteiger partial charge >= 0.3 is 0 Å². The number of thiol groups is 1. The molecule has 2 rings (SSSR count). The molecular weight excluding hydrogens is 278 g/mol. The molecule has 0 aromatic carbocycles. The quantitative estimate of drug-likeness (QED) is 0.839. The molecule has 1 aliphatic rings. The van der Waals surface area contributed by atoms with Gasteiger partial charge in [0.1, 0.15) is 4.60 Å². The lowest BCUT2D eigenvalue weighted by Gasteiger charge is -2.14. The Labute approximate surface area is 102 Å². The largest absolute Gasteiger partial charge is 0.295 e. The van der Waals surface area contributed by atoms with E-state index in [1.807, 2.05) is 0 Å². The van der Waals surface area contributed by atoms with Crippen molar-refractivity contribution in [2.45, 2.75) is 6.42 Å². The summed E-state index contributed by atoms with van der Waals surface area (Å²) >= 11 is 7.41. The number of carbonyl (C=O) groups excluding carboxylic acids is 1. The minimum Gasteiger partial charge on any atom is -0.295 e. The van der Waals surface area contributed by atoms with Gasteiger partial charge in [0.15, 0.2) is 5.82 Å². The van der Waals surface area contributed by atoms with E-state index < -0.39 is 0 Å². The number of anilines is 1. The van der Waals surface area contributed by atoms with E-state index in [0.29, 0.717) is 29.3 Å². The van der Waals surface area contributed by atoms with Crippen molar-refractivity contribution in [1.29, 1.82) is 0 Å². The average Bonchev–Trinajstić information content (AvgIpc) is 2.61. The number of aromatic nitrogens is 2. The van der Waals surface area contributed by atoms with Crippen molar-refractivity contribution in [1.82, 2.24) is 9.97 Å². The molecule has 1 fully saturated rings. The molecule has 1 atom stereocenters. The van der Waals surface area contributed by atoms with Crippen molar-refractivity contribution in [2.24, 2.45) is 5.92 Å². The standard InChI is InChI=1S/C9H10BrN3OS/c10-7-2-12-8(3-11-7)13-4-6(5-15)1-9(13)14/h2-3,6,15H,1,4-5H2. The lowest BCUT2D eigenvalue weighted by Crippen LogP contribution is -2.25. The molecule has 1 unspecified atom stereocenters. The molecule has 0 saturated carbocycles. The highest BCUT2D eigenvalue weighted by Crippen LogP contribution is 2.23. The van der Waals surface area contributed by atoms with E-state index in [4.69, 9.17) is 0 Å². The van der Waals surface area contributed by atoms with Crippen molar-refractivity contribution in [3.05, 3.63) is 17.0 Å². The van der Waals surface area contributed by atoms with Crippen LogP contribution in [0.2, 0.25) is 0 Å². The molecule has 1 aromatic heterocycles. The highest BCUT2D eigenvalue weighted by atomic mass is 79.9. The predicted molar refractivity (Wildman–Crippen MR) is 64.0 cm³/mol. The predicted octanol–water partition coefficient (Wildman–Crippen LogP) is 1.52. The highest BCUT2D eigenvalue weighted by Gasteiger charge is 2.30. The molecule has 6 heteroatoms. The Balaban J connectivity index is 2.18. The van der Waals surface area contributed by atoms with Gasteiger partial charge < -0.3 is 0 Å². The van der Waals surface area contributed by atoms with Crippen LogP contribution in [0.1, 0.15) is 6.42 Å².